The summed E-state index contributed by atoms with van der Waals surface area (Å²) in [6.45, 7) is 3.93. The average molecular weight is 278 g/mol. The molecule has 110 valence electrons. The fourth-order valence-corrected chi connectivity index (χ4v) is 2.90. The van der Waals surface area contributed by atoms with Crippen LogP contribution in [0.4, 0.5) is 5.69 Å². The normalized spacial score (nSPS) is 17.1. The van der Waals surface area contributed by atoms with Gasteiger partial charge in [-0.05, 0) is 29.9 Å². The molecule has 20 heavy (non-hydrogen) atoms. The van der Waals surface area contributed by atoms with E-state index in [0.717, 1.165) is 12.1 Å². The van der Waals surface area contributed by atoms with Crippen LogP contribution in [0, 0.1) is 15.5 Å². The van der Waals surface area contributed by atoms with E-state index >= 15 is 0 Å². The third kappa shape index (κ3) is 3.48. The number of nitro benzene ring substituents is 1. The van der Waals surface area contributed by atoms with Crippen LogP contribution in [-0.2, 0) is 6.54 Å². The largest absolute Gasteiger partial charge is 0.490 e. The molecule has 1 aliphatic rings. The van der Waals surface area contributed by atoms with E-state index in [4.69, 9.17) is 4.74 Å². The standard InChI is InChI=1S/C15H22N2O3/c1-15(7-3-4-8-15)11-16-10-12-5-6-14(20-2)13(9-12)17(18)19/h5-6,9,16H,3-4,7-8,10-11H2,1-2H3. The lowest BCUT2D eigenvalue weighted by molar-refractivity contribution is -0.385. The van der Waals surface area contributed by atoms with Crippen LogP contribution >= 0.6 is 0 Å². The van der Waals surface area contributed by atoms with Gasteiger partial charge in [-0.25, -0.2) is 0 Å². The third-order valence-corrected chi connectivity index (χ3v) is 4.13. The van der Waals surface area contributed by atoms with Gasteiger partial charge in [0.15, 0.2) is 5.75 Å². The topological polar surface area (TPSA) is 64.4 Å². The molecule has 1 N–H and O–H groups in total. The van der Waals surface area contributed by atoms with Crippen molar-refractivity contribution in [1.82, 2.24) is 5.32 Å². The molecule has 0 radical (unpaired) electrons. The summed E-state index contributed by atoms with van der Waals surface area (Å²) in [4.78, 5) is 10.6. The van der Waals surface area contributed by atoms with Gasteiger partial charge in [-0.15, -0.1) is 0 Å². The van der Waals surface area contributed by atoms with Crippen LogP contribution in [0.1, 0.15) is 38.2 Å². The lowest BCUT2D eigenvalue weighted by Gasteiger charge is -2.23. The highest BCUT2D eigenvalue weighted by molar-refractivity contribution is 5.48. The molecule has 0 heterocycles. The highest BCUT2D eigenvalue weighted by Crippen LogP contribution is 2.36. The van der Waals surface area contributed by atoms with E-state index in [1.54, 1.807) is 12.1 Å². The summed E-state index contributed by atoms with van der Waals surface area (Å²) >= 11 is 0. The van der Waals surface area contributed by atoms with Crippen molar-refractivity contribution in [2.75, 3.05) is 13.7 Å². The fourth-order valence-electron chi connectivity index (χ4n) is 2.90. The first-order chi connectivity index (χ1) is 9.54. The number of rotatable bonds is 6. The van der Waals surface area contributed by atoms with Gasteiger partial charge in [0.1, 0.15) is 0 Å². The van der Waals surface area contributed by atoms with Crippen molar-refractivity contribution in [2.45, 2.75) is 39.2 Å². The van der Waals surface area contributed by atoms with Crippen molar-refractivity contribution >= 4 is 5.69 Å². The van der Waals surface area contributed by atoms with Crippen molar-refractivity contribution in [3.05, 3.63) is 33.9 Å². The average Bonchev–Trinajstić information content (AvgIpc) is 2.85. The number of benzene rings is 1. The Kier molecular flexibility index (Phi) is 4.60. The van der Waals surface area contributed by atoms with Gasteiger partial charge < -0.3 is 10.1 Å². The minimum absolute atomic E-state index is 0.0267. The fraction of sp³-hybridized carbons (Fsp3) is 0.600. The molecular weight excluding hydrogens is 256 g/mol. The summed E-state index contributed by atoms with van der Waals surface area (Å²) in [5.74, 6) is 0.307. The van der Waals surface area contributed by atoms with Crippen LogP contribution in [-0.4, -0.2) is 18.6 Å². The summed E-state index contributed by atoms with van der Waals surface area (Å²) < 4.78 is 5.00. The van der Waals surface area contributed by atoms with Gasteiger partial charge in [0.05, 0.1) is 12.0 Å². The summed E-state index contributed by atoms with van der Waals surface area (Å²) in [7, 11) is 1.45. The Morgan fingerprint density at radius 3 is 2.70 bits per heavy atom. The summed E-state index contributed by atoms with van der Waals surface area (Å²) in [5.41, 5.74) is 1.33. The number of hydrogen-bond acceptors (Lipinski definition) is 4. The predicted molar refractivity (Wildman–Crippen MR) is 77.9 cm³/mol. The Hall–Kier alpha value is -1.62. The molecule has 0 unspecified atom stereocenters. The summed E-state index contributed by atoms with van der Waals surface area (Å²) in [6.07, 6.45) is 5.16. The minimum atomic E-state index is -0.402. The first-order valence-corrected chi connectivity index (χ1v) is 7.06. The van der Waals surface area contributed by atoms with Crippen molar-refractivity contribution in [3.63, 3.8) is 0 Å². The molecule has 1 aromatic rings. The molecule has 0 amide bonds. The second-order valence-electron chi connectivity index (χ2n) is 5.88. The summed E-state index contributed by atoms with van der Waals surface area (Å²) in [6, 6.07) is 5.12. The molecule has 0 aromatic heterocycles. The Bertz CT molecular complexity index is 482. The van der Waals surface area contributed by atoms with Gasteiger partial charge in [0, 0.05) is 19.2 Å². The first-order valence-electron chi connectivity index (χ1n) is 7.06. The number of nitrogens with one attached hydrogen (secondary N) is 1. The number of ether oxygens (including phenoxy) is 1. The lowest BCUT2D eigenvalue weighted by Crippen LogP contribution is -2.29. The molecule has 5 nitrogen and oxygen atoms in total. The Morgan fingerprint density at radius 1 is 1.40 bits per heavy atom. The van der Waals surface area contributed by atoms with Crippen LogP contribution in [0.5, 0.6) is 5.75 Å². The van der Waals surface area contributed by atoms with Crippen LogP contribution in [0.25, 0.3) is 0 Å². The van der Waals surface area contributed by atoms with Gasteiger partial charge >= 0.3 is 5.69 Å². The van der Waals surface area contributed by atoms with E-state index in [2.05, 4.69) is 12.2 Å². The maximum atomic E-state index is 11.0. The first kappa shape index (κ1) is 14.8. The monoisotopic (exact) mass is 278 g/mol. The van der Waals surface area contributed by atoms with E-state index < -0.39 is 4.92 Å². The van der Waals surface area contributed by atoms with Crippen molar-refractivity contribution < 1.29 is 9.66 Å². The van der Waals surface area contributed by atoms with Gasteiger partial charge in [-0.3, -0.25) is 10.1 Å². The van der Waals surface area contributed by atoms with Crippen LogP contribution < -0.4 is 10.1 Å². The molecular formula is C15H22N2O3. The van der Waals surface area contributed by atoms with Gasteiger partial charge in [-0.1, -0.05) is 25.8 Å². The number of hydrogen-bond donors (Lipinski definition) is 1. The Balaban J connectivity index is 1.96. The minimum Gasteiger partial charge on any atom is -0.490 e. The van der Waals surface area contributed by atoms with E-state index in [1.165, 1.54) is 32.8 Å². The van der Waals surface area contributed by atoms with Gasteiger partial charge in [-0.2, -0.15) is 0 Å². The highest BCUT2D eigenvalue weighted by Gasteiger charge is 2.27. The molecule has 0 bridgehead atoms. The van der Waals surface area contributed by atoms with Crippen molar-refractivity contribution in [3.8, 4) is 5.75 Å². The maximum absolute atomic E-state index is 11.0. The molecule has 2 rings (SSSR count). The van der Waals surface area contributed by atoms with E-state index in [1.807, 2.05) is 6.07 Å². The van der Waals surface area contributed by atoms with E-state index in [0.29, 0.717) is 17.7 Å². The molecule has 0 aliphatic heterocycles. The van der Waals surface area contributed by atoms with E-state index in [-0.39, 0.29) is 5.69 Å². The van der Waals surface area contributed by atoms with Crippen molar-refractivity contribution in [2.24, 2.45) is 5.41 Å². The molecule has 5 heteroatoms. The molecule has 0 spiro atoms. The zero-order chi connectivity index (χ0) is 14.6. The van der Waals surface area contributed by atoms with Crippen LogP contribution in [0.3, 0.4) is 0 Å². The number of nitrogens with zero attached hydrogens (tertiary/aromatic N) is 1. The second-order valence-corrected chi connectivity index (χ2v) is 5.88. The molecule has 1 saturated carbocycles. The van der Waals surface area contributed by atoms with E-state index in [9.17, 15) is 10.1 Å². The number of methoxy groups -OCH3 is 1. The van der Waals surface area contributed by atoms with Gasteiger partial charge in [0.25, 0.3) is 0 Å². The summed E-state index contributed by atoms with van der Waals surface area (Å²) in [5, 5.41) is 14.4. The quantitative estimate of drug-likeness (QED) is 0.640. The number of nitro groups is 1. The Morgan fingerprint density at radius 2 is 2.10 bits per heavy atom. The highest BCUT2D eigenvalue weighted by atomic mass is 16.6. The second kappa shape index (κ2) is 6.22. The molecule has 0 saturated heterocycles. The van der Waals surface area contributed by atoms with Crippen LogP contribution in [0.2, 0.25) is 0 Å². The Labute approximate surface area is 119 Å². The van der Waals surface area contributed by atoms with Crippen LogP contribution in [0.15, 0.2) is 18.2 Å². The third-order valence-electron chi connectivity index (χ3n) is 4.13. The van der Waals surface area contributed by atoms with Crippen molar-refractivity contribution in [1.29, 1.82) is 0 Å². The SMILES string of the molecule is COc1ccc(CNCC2(C)CCCC2)cc1[N+](=O)[O-]. The maximum Gasteiger partial charge on any atom is 0.311 e. The lowest BCUT2D eigenvalue weighted by atomic mass is 9.89. The molecule has 0 atom stereocenters. The smallest absolute Gasteiger partial charge is 0.311 e. The predicted octanol–water partition coefficient (Wildman–Crippen LogP) is 3.27. The zero-order valence-electron chi connectivity index (χ0n) is 12.1. The van der Waals surface area contributed by atoms with Gasteiger partial charge in [0.2, 0.25) is 0 Å². The zero-order valence-corrected chi connectivity index (χ0v) is 12.1. The molecule has 1 aromatic carbocycles. The molecule has 1 aliphatic carbocycles. The molecule has 1 fully saturated rings.